The number of pyridine rings is 1. The molecule has 0 unspecified atom stereocenters. The van der Waals surface area contributed by atoms with Gasteiger partial charge in [0.1, 0.15) is 0 Å². The highest BCUT2D eigenvalue weighted by Crippen LogP contribution is 2.11. The molecule has 15 heavy (non-hydrogen) atoms. The highest BCUT2D eigenvalue weighted by atomic mass is 16.4. The van der Waals surface area contributed by atoms with Gasteiger partial charge >= 0.3 is 11.9 Å². The van der Waals surface area contributed by atoms with E-state index in [4.69, 9.17) is 10.2 Å². The number of carbonyl (C=O) groups is 2. The summed E-state index contributed by atoms with van der Waals surface area (Å²) in [6, 6.07) is 1.36. The summed E-state index contributed by atoms with van der Waals surface area (Å²) in [4.78, 5) is 25.1. The van der Waals surface area contributed by atoms with E-state index in [1.807, 2.05) is 6.92 Å². The molecule has 1 aromatic rings. The molecule has 5 heteroatoms. The molecule has 0 saturated heterocycles. The van der Waals surface area contributed by atoms with E-state index in [1.54, 1.807) is 0 Å². The number of aryl methyl sites for hydroxylation is 1. The van der Waals surface area contributed by atoms with E-state index < -0.39 is 11.9 Å². The molecule has 0 aromatic carbocycles. The van der Waals surface area contributed by atoms with Gasteiger partial charge in [-0.3, -0.25) is 0 Å². The van der Waals surface area contributed by atoms with Gasteiger partial charge in [0.2, 0.25) is 0 Å². The Balaban J connectivity index is 3.20. The van der Waals surface area contributed by atoms with E-state index in [-0.39, 0.29) is 11.3 Å². The van der Waals surface area contributed by atoms with Gasteiger partial charge in [-0.25, -0.2) is 14.6 Å². The molecule has 0 radical (unpaired) electrons. The van der Waals surface area contributed by atoms with Gasteiger partial charge in [0, 0.05) is 6.20 Å². The Labute approximate surface area is 86.4 Å². The van der Waals surface area contributed by atoms with E-state index in [2.05, 4.69) is 4.98 Å². The summed E-state index contributed by atoms with van der Waals surface area (Å²) >= 11 is 0. The third kappa shape index (κ3) is 2.52. The molecule has 1 aromatic heterocycles. The van der Waals surface area contributed by atoms with Crippen molar-refractivity contribution in [1.29, 1.82) is 0 Å². The van der Waals surface area contributed by atoms with Crippen LogP contribution in [0.4, 0.5) is 0 Å². The molecule has 0 amide bonds. The molecule has 0 atom stereocenters. The van der Waals surface area contributed by atoms with Crippen molar-refractivity contribution in [2.45, 2.75) is 19.8 Å². The van der Waals surface area contributed by atoms with Crippen molar-refractivity contribution in [3.05, 3.63) is 29.1 Å². The SMILES string of the molecule is CCCc1cc(C(=O)O)cnc1C(=O)O. The minimum Gasteiger partial charge on any atom is -0.478 e. The van der Waals surface area contributed by atoms with Crippen LogP contribution in [0.2, 0.25) is 0 Å². The van der Waals surface area contributed by atoms with Gasteiger partial charge in [-0.15, -0.1) is 0 Å². The number of aromatic nitrogens is 1. The highest BCUT2D eigenvalue weighted by Gasteiger charge is 2.14. The van der Waals surface area contributed by atoms with Crippen LogP contribution in [-0.2, 0) is 6.42 Å². The van der Waals surface area contributed by atoms with E-state index in [9.17, 15) is 9.59 Å². The summed E-state index contributed by atoms with van der Waals surface area (Å²) in [5, 5.41) is 17.5. The smallest absolute Gasteiger partial charge is 0.354 e. The maximum Gasteiger partial charge on any atom is 0.354 e. The van der Waals surface area contributed by atoms with Crippen LogP contribution in [0.15, 0.2) is 12.3 Å². The first-order valence-electron chi connectivity index (χ1n) is 4.51. The van der Waals surface area contributed by atoms with E-state index in [0.717, 1.165) is 12.6 Å². The molecule has 0 spiro atoms. The van der Waals surface area contributed by atoms with Crippen molar-refractivity contribution in [1.82, 2.24) is 4.98 Å². The van der Waals surface area contributed by atoms with Gasteiger partial charge in [-0.05, 0) is 18.1 Å². The van der Waals surface area contributed by atoms with Crippen LogP contribution in [0, 0.1) is 0 Å². The summed E-state index contributed by atoms with van der Waals surface area (Å²) in [5.41, 5.74) is 0.412. The normalized spacial score (nSPS) is 9.93. The summed E-state index contributed by atoms with van der Waals surface area (Å²) in [6.07, 6.45) is 2.31. The molecule has 0 aliphatic rings. The minimum absolute atomic E-state index is 0.0171. The molecule has 0 aliphatic carbocycles. The Morgan fingerprint density at radius 2 is 2.00 bits per heavy atom. The number of carboxylic acid groups (broad SMARTS) is 2. The van der Waals surface area contributed by atoms with E-state index >= 15 is 0 Å². The minimum atomic E-state index is -1.13. The van der Waals surface area contributed by atoms with Crippen molar-refractivity contribution in [2.75, 3.05) is 0 Å². The first-order chi connectivity index (χ1) is 7.06. The number of carboxylic acids is 2. The van der Waals surface area contributed by atoms with Crippen molar-refractivity contribution in [3.8, 4) is 0 Å². The van der Waals surface area contributed by atoms with Gasteiger partial charge in [0.05, 0.1) is 5.56 Å². The van der Waals surface area contributed by atoms with Gasteiger partial charge in [-0.1, -0.05) is 13.3 Å². The van der Waals surface area contributed by atoms with Crippen LogP contribution in [0.1, 0.15) is 39.8 Å². The zero-order valence-electron chi connectivity index (χ0n) is 8.23. The standard InChI is InChI=1S/C10H11NO4/c1-2-3-6-4-7(9(12)13)5-11-8(6)10(14)15/h4-5H,2-3H2,1H3,(H,12,13)(H,14,15). The zero-order chi connectivity index (χ0) is 11.4. The average molecular weight is 209 g/mol. The molecule has 0 bridgehead atoms. The van der Waals surface area contributed by atoms with Crippen LogP contribution in [-0.4, -0.2) is 27.1 Å². The summed E-state index contributed by atoms with van der Waals surface area (Å²) < 4.78 is 0. The number of hydrogen-bond acceptors (Lipinski definition) is 3. The quantitative estimate of drug-likeness (QED) is 0.783. The lowest BCUT2D eigenvalue weighted by Crippen LogP contribution is -2.08. The maximum atomic E-state index is 10.8. The molecule has 1 heterocycles. The lowest BCUT2D eigenvalue weighted by atomic mass is 10.1. The lowest BCUT2D eigenvalue weighted by Gasteiger charge is -2.04. The van der Waals surface area contributed by atoms with Gasteiger partial charge in [-0.2, -0.15) is 0 Å². The molecule has 0 aliphatic heterocycles. The molecule has 5 nitrogen and oxygen atoms in total. The van der Waals surface area contributed by atoms with Gasteiger partial charge < -0.3 is 10.2 Å². The first-order valence-corrected chi connectivity index (χ1v) is 4.51. The second kappa shape index (κ2) is 4.54. The third-order valence-corrected chi connectivity index (χ3v) is 1.94. The number of hydrogen-bond donors (Lipinski definition) is 2. The Morgan fingerprint density at radius 1 is 1.33 bits per heavy atom. The van der Waals surface area contributed by atoms with Crippen molar-refractivity contribution in [2.24, 2.45) is 0 Å². The van der Waals surface area contributed by atoms with Crippen molar-refractivity contribution >= 4 is 11.9 Å². The fourth-order valence-electron chi connectivity index (χ4n) is 1.28. The second-order valence-corrected chi connectivity index (χ2v) is 3.09. The summed E-state index contributed by atoms with van der Waals surface area (Å²) in [5.74, 6) is -2.23. The second-order valence-electron chi connectivity index (χ2n) is 3.09. The topological polar surface area (TPSA) is 87.5 Å². The van der Waals surface area contributed by atoms with Crippen LogP contribution in [0.5, 0.6) is 0 Å². The first kappa shape index (κ1) is 11.2. The fraction of sp³-hybridized carbons (Fsp3) is 0.300. The molecule has 80 valence electrons. The predicted molar refractivity (Wildman–Crippen MR) is 52.2 cm³/mol. The molecular weight excluding hydrogens is 198 g/mol. The largest absolute Gasteiger partial charge is 0.478 e. The molecule has 0 fully saturated rings. The Hall–Kier alpha value is -1.91. The monoisotopic (exact) mass is 209 g/mol. The number of rotatable bonds is 4. The maximum absolute atomic E-state index is 10.8. The molecular formula is C10H11NO4. The van der Waals surface area contributed by atoms with Crippen molar-refractivity contribution < 1.29 is 19.8 Å². The third-order valence-electron chi connectivity index (χ3n) is 1.94. The molecule has 0 saturated carbocycles. The number of nitrogens with zero attached hydrogens (tertiary/aromatic N) is 1. The van der Waals surface area contributed by atoms with Crippen LogP contribution in [0.25, 0.3) is 0 Å². The van der Waals surface area contributed by atoms with E-state index in [0.29, 0.717) is 12.0 Å². The van der Waals surface area contributed by atoms with Gasteiger partial charge in [0.25, 0.3) is 0 Å². The Bertz CT molecular complexity index is 400. The zero-order valence-corrected chi connectivity index (χ0v) is 8.23. The average Bonchev–Trinajstić information content (AvgIpc) is 2.17. The predicted octanol–water partition coefficient (Wildman–Crippen LogP) is 1.43. The van der Waals surface area contributed by atoms with Crippen LogP contribution >= 0.6 is 0 Å². The Morgan fingerprint density at radius 3 is 2.47 bits per heavy atom. The summed E-state index contributed by atoms with van der Waals surface area (Å²) in [7, 11) is 0. The highest BCUT2D eigenvalue weighted by molar-refractivity contribution is 5.91. The molecule has 1 rings (SSSR count). The van der Waals surface area contributed by atoms with E-state index in [1.165, 1.54) is 6.07 Å². The molecule has 2 N–H and O–H groups in total. The van der Waals surface area contributed by atoms with Crippen LogP contribution in [0.3, 0.4) is 0 Å². The summed E-state index contributed by atoms with van der Waals surface area (Å²) in [6.45, 7) is 1.89. The lowest BCUT2D eigenvalue weighted by molar-refractivity contribution is 0.0674. The fourth-order valence-corrected chi connectivity index (χ4v) is 1.28. The Kier molecular flexibility index (Phi) is 3.38. The van der Waals surface area contributed by atoms with Crippen molar-refractivity contribution in [3.63, 3.8) is 0 Å². The van der Waals surface area contributed by atoms with Crippen LogP contribution < -0.4 is 0 Å². The number of aromatic carboxylic acids is 2. The van der Waals surface area contributed by atoms with Gasteiger partial charge in [0.15, 0.2) is 5.69 Å².